The third kappa shape index (κ3) is 2.94. The Balaban J connectivity index is 2.49. The van der Waals surface area contributed by atoms with Crippen molar-refractivity contribution in [3.8, 4) is 0 Å². The van der Waals surface area contributed by atoms with Gasteiger partial charge in [-0.1, -0.05) is 12.8 Å². The molecule has 1 unspecified atom stereocenters. The summed E-state index contributed by atoms with van der Waals surface area (Å²) in [6, 6.07) is -0.701. The van der Waals surface area contributed by atoms with Crippen LogP contribution >= 0.6 is 0 Å². The summed E-state index contributed by atoms with van der Waals surface area (Å²) in [5.41, 5.74) is 0. The van der Waals surface area contributed by atoms with Gasteiger partial charge < -0.3 is 14.9 Å². The summed E-state index contributed by atoms with van der Waals surface area (Å²) < 4.78 is 4.57. The summed E-state index contributed by atoms with van der Waals surface area (Å²) in [7, 11) is 1.32. The molecule has 0 spiro atoms. The average molecular weight is 203 g/mol. The fourth-order valence-corrected chi connectivity index (χ4v) is 1.92. The van der Waals surface area contributed by atoms with Gasteiger partial charge in [-0.25, -0.2) is 0 Å². The third-order valence-electron chi connectivity index (χ3n) is 2.68. The molecule has 5 heteroatoms. The van der Waals surface area contributed by atoms with Crippen LogP contribution in [-0.4, -0.2) is 35.7 Å². The number of methoxy groups -OCH3 is 1. The molecule has 0 heterocycles. The van der Waals surface area contributed by atoms with Gasteiger partial charge in [0.15, 0.2) is 0 Å². The van der Waals surface area contributed by atoms with Crippen molar-refractivity contribution >= 4 is 5.97 Å². The molecule has 0 aliphatic heterocycles. The van der Waals surface area contributed by atoms with Crippen LogP contribution < -0.4 is 5.32 Å². The molecule has 0 aromatic carbocycles. The molecule has 14 heavy (non-hydrogen) atoms. The maximum absolute atomic E-state index is 10.9. The van der Waals surface area contributed by atoms with Crippen molar-refractivity contribution in [3.05, 3.63) is 0 Å². The first-order valence-corrected chi connectivity index (χ1v) is 4.85. The van der Waals surface area contributed by atoms with Crippen molar-refractivity contribution in [3.63, 3.8) is 0 Å². The molecular weight excluding hydrogens is 186 g/mol. The molecule has 3 N–H and O–H groups in total. The number of carbonyl (C=O) groups is 1. The fraction of sp³-hybridized carbons (Fsp3) is 0.889. The zero-order valence-electron chi connectivity index (χ0n) is 8.27. The van der Waals surface area contributed by atoms with Crippen molar-refractivity contribution in [2.75, 3.05) is 7.11 Å². The summed E-state index contributed by atoms with van der Waals surface area (Å²) in [5.74, 6) is -0.815. The smallest absolute Gasteiger partial charge is 0.321 e. The van der Waals surface area contributed by atoms with E-state index in [-0.39, 0.29) is 5.92 Å². The van der Waals surface area contributed by atoms with Crippen LogP contribution in [0.15, 0.2) is 0 Å². The Labute approximate surface area is 83.1 Å². The van der Waals surface area contributed by atoms with Crippen molar-refractivity contribution in [2.45, 2.75) is 38.1 Å². The lowest BCUT2D eigenvalue weighted by Crippen LogP contribution is -2.47. The number of aliphatic carboxylic acids is 1. The summed E-state index contributed by atoms with van der Waals surface area (Å²) in [6.07, 6.45) is 2.75. The van der Waals surface area contributed by atoms with Crippen LogP contribution in [-0.2, 0) is 9.53 Å². The molecular formula is C9H17NO4. The van der Waals surface area contributed by atoms with E-state index in [0.717, 1.165) is 25.7 Å². The number of aliphatic hydroxyl groups is 1. The lowest BCUT2D eigenvalue weighted by atomic mass is 9.98. The highest BCUT2D eigenvalue weighted by Gasteiger charge is 2.31. The van der Waals surface area contributed by atoms with E-state index in [0.29, 0.717) is 0 Å². The molecule has 2 atom stereocenters. The first kappa shape index (κ1) is 11.4. The first-order valence-electron chi connectivity index (χ1n) is 4.85. The second kappa shape index (κ2) is 5.29. The zero-order chi connectivity index (χ0) is 10.6. The van der Waals surface area contributed by atoms with Gasteiger partial charge in [-0.3, -0.25) is 10.1 Å². The summed E-state index contributed by atoms with van der Waals surface area (Å²) in [5, 5.41) is 20.6. The van der Waals surface area contributed by atoms with Gasteiger partial charge in [0.1, 0.15) is 6.04 Å². The fourth-order valence-electron chi connectivity index (χ4n) is 1.92. The second-order valence-electron chi connectivity index (χ2n) is 3.62. The number of hydrogen-bond donors (Lipinski definition) is 3. The molecule has 82 valence electrons. The van der Waals surface area contributed by atoms with E-state index in [1.54, 1.807) is 0 Å². The predicted octanol–water partition coefficient (Wildman–Crippen LogP) is 0.142. The SMILES string of the molecule is COC(O)N[C@H](C(=O)O)C1CCCC1. The van der Waals surface area contributed by atoms with Gasteiger partial charge in [0, 0.05) is 7.11 Å². The minimum atomic E-state index is -1.20. The van der Waals surface area contributed by atoms with Crippen molar-refractivity contribution in [1.82, 2.24) is 5.32 Å². The van der Waals surface area contributed by atoms with Crippen molar-refractivity contribution in [2.24, 2.45) is 5.92 Å². The Morgan fingerprint density at radius 1 is 1.50 bits per heavy atom. The Hall–Kier alpha value is -0.650. The largest absolute Gasteiger partial charge is 0.480 e. The zero-order valence-corrected chi connectivity index (χ0v) is 8.27. The predicted molar refractivity (Wildman–Crippen MR) is 49.5 cm³/mol. The number of hydrogen-bond acceptors (Lipinski definition) is 4. The van der Waals surface area contributed by atoms with E-state index in [9.17, 15) is 4.79 Å². The molecule has 0 aromatic heterocycles. The molecule has 0 aromatic rings. The van der Waals surface area contributed by atoms with E-state index in [1.807, 2.05) is 0 Å². The number of carboxylic acid groups (broad SMARTS) is 1. The highest BCUT2D eigenvalue weighted by molar-refractivity contribution is 5.73. The second-order valence-corrected chi connectivity index (χ2v) is 3.62. The Kier molecular flexibility index (Phi) is 4.31. The number of nitrogens with one attached hydrogen (secondary N) is 1. The van der Waals surface area contributed by atoms with Gasteiger partial charge in [-0.15, -0.1) is 0 Å². The minimum absolute atomic E-state index is 0.109. The van der Waals surface area contributed by atoms with Crippen LogP contribution in [0.25, 0.3) is 0 Å². The van der Waals surface area contributed by atoms with Crippen LogP contribution in [0.4, 0.5) is 0 Å². The average Bonchev–Trinajstić information content (AvgIpc) is 2.65. The minimum Gasteiger partial charge on any atom is -0.480 e. The van der Waals surface area contributed by atoms with Crippen LogP contribution in [0, 0.1) is 5.92 Å². The Bertz CT molecular complexity index is 191. The molecule has 0 radical (unpaired) electrons. The molecule has 1 fully saturated rings. The molecule has 1 saturated carbocycles. The quantitative estimate of drug-likeness (QED) is 0.554. The van der Waals surface area contributed by atoms with E-state index in [1.165, 1.54) is 7.11 Å². The van der Waals surface area contributed by atoms with Gasteiger partial charge in [0.05, 0.1) is 0 Å². The maximum Gasteiger partial charge on any atom is 0.321 e. The number of rotatable bonds is 5. The van der Waals surface area contributed by atoms with Crippen LogP contribution in [0.2, 0.25) is 0 Å². The highest BCUT2D eigenvalue weighted by Crippen LogP contribution is 2.27. The van der Waals surface area contributed by atoms with Gasteiger partial charge >= 0.3 is 5.97 Å². The Morgan fingerprint density at radius 3 is 2.50 bits per heavy atom. The van der Waals surface area contributed by atoms with Crippen LogP contribution in [0.1, 0.15) is 25.7 Å². The molecule has 1 aliphatic rings. The summed E-state index contributed by atoms with van der Waals surface area (Å²) in [4.78, 5) is 10.9. The third-order valence-corrected chi connectivity index (χ3v) is 2.68. The van der Waals surface area contributed by atoms with Crippen molar-refractivity contribution in [1.29, 1.82) is 0 Å². The van der Waals surface area contributed by atoms with Crippen LogP contribution in [0.3, 0.4) is 0 Å². The topological polar surface area (TPSA) is 78.8 Å². The molecule has 1 rings (SSSR count). The number of ether oxygens (including phenoxy) is 1. The van der Waals surface area contributed by atoms with Gasteiger partial charge in [0.2, 0.25) is 6.41 Å². The van der Waals surface area contributed by atoms with Gasteiger partial charge in [-0.2, -0.15) is 0 Å². The Morgan fingerprint density at radius 2 is 2.07 bits per heavy atom. The molecule has 0 bridgehead atoms. The first-order chi connectivity index (χ1) is 6.65. The number of carboxylic acids is 1. The number of aliphatic hydroxyl groups excluding tert-OH is 1. The summed E-state index contributed by atoms with van der Waals surface area (Å²) in [6.45, 7) is 0. The van der Waals surface area contributed by atoms with Gasteiger partial charge in [0.25, 0.3) is 0 Å². The normalized spacial score (nSPS) is 22.1. The van der Waals surface area contributed by atoms with E-state index < -0.39 is 18.4 Å². The van der Waals surface area contributed by atoms with Crippen molar-refractivity contribution < 1.29 is 19.7 Å². The standard InChI is InChI=1S/C9H17NO4/c1-14-9(13)10-7(8(11)12)6-4-2-3-5-6/h6-7,9-10,13H,2-5H2,1H3,(H,11,12)/t7-,9?/m0/s1. The lowest BCUT2D eigenvalue weighted by Gasteiger charge is -2.22. The van der Waals surface area contributed by atoms with E-state index in [2.05, 4.69) is 10.1 Å². The highest BCUT2D eigenvalue weighted by atomic mass is 16.6. The van der Waals surface area contributed by atoms with Gasteiger partial charge in [-0.05, 0) is 18.8 Å². The molecule has 0 amide bonds. The summed E-state index contributed by atoms with van der Waals surface area (Å²) >= 11 is 0. The molecule has 0 saturated heterocycles. The molecule has 1 aliphatic carbocycles. The van der Waals surface area contributed by atoms with E-state index >= 15 is 0 Å². The maximum atomic E-state index is 10.9. The van der Waals surface area contributed by atoms with E-state index in [4.69, 9.17) is 10.2 Å². The lowest BCUT2D eigenvalue weighted by molar-refractivity contribution is -0.150. The molecule has 5 nitrogen and oxygen atoms in total. The monoisotopic (exact) mass is 203 g/mol. The van der Waals surface area contributed by atoms with Crippen LogP contribution in [0.5, 0.6) is 0 Å².